The molecule has 3 aromatic carbocycles. The van der Waals surface area contributed by atoms with E-state index in [1.54, 1.807) is 68.6 Å². The van der Waals surface area contributed by atoms with Gasteiger partial charge in [0.15, 0.2) is 0 Å². The Kier molecular flexibility index (Phi) is 24.0. The third-order valence-electron chi connectivity index (χ3n) is 13.5. The number of unbranched alkanes of at least 4 members (excludes halogenated alkanes) is 1. The van der Waals surface area contributed by atoms with Crippen molar-refractivity contribution < 1.29 is 58.2 Å². The van der Waals surface area contributed by atoms with Gasteiger partial charge in [0, 0.05) is 49.8 Å². The normalized spacial score (nSPS) is 21.5. The van der Waals surface area contributed by atoms with E-state index in [1.807, 2.05) is 18.2 Å². The lowest BCUT2D eigenvalue weighted by Gasteiger charge is -2.29. The van der Waals surface area contributed by atoms with Gasteiger partial charge in [0.25, 0.3) is 0 Å². The van der Waals surface area contributed by atoms with E-state index in [0.717, 1.165) is 10.9 Å². The molecule has 5 rings (SSSR count). The molecule has 4 aromatic rings. The summed E-state index contributed by atoms with van der Waals surface area (Å²) in [7, 11) is 0. The summed E-state index contributed by atoms with van der Waals surface area (Å²) in [6.07, 6.45) is 0.246. The van der Waals surface area contributed by atoms with Gasteiger partial charge in [-0.25, -0.2) is 0 Å². The van der Waals surface area contributed by atoms with Crippen LogP contribution in [0.15, 0.2) is 85.1 Å². The molecule has 0 radical (unpaired) electrons. The van der Waals surface area contributed by atoms with E-state index in [0.29, 0.717) is 29.5 Å². The fraction of sp³-hybridized carbons (Fsp3) is 0.464. The number of aliphatic hydroxyl groups excluding tert-OH is 1. The Labute approximate surface area is 463 Å². The molecule has 432 valence electrons. The van der Waals surface area contributed by atoms with Crippen LogP contribution in [0.25, 0.3) is 10.9 Å². The minimum Gasteiger partial charge on any atom is -0.508 e. The molecule has 16 N–H and O–H groups in total. The number of phenolic OH excluding ortho intramolecular Hbond substituents is 1. The van der Waals surface area contributed by atoms with Gasteiger partial charge in [-0.05, 0) is 92.8 Å². The van der Waals surface area contributed by atoms with Crippen molar-refractivity contribution in [2.75, 3.05) is 13.1 Å². The standard InChI is InChI=1S/C56H76N12O12/c1-31(2)47-56(80)66-45(55(79)68-48(32(3)69)49(58)73)29-46(72)59-25-13-11-19-40(62-52(76)42(61-33(4)70)26-34-14-6-5-7-15-34)50(74)64-43(27-35-20-22-37(71)23-21-35)53(77)65-44(28-36-30-60-39-17-9-8-16-38(36)39)54(78)63-41(51(75)67-47)18-10-12-24-57/h5-9,14-17,20-23,30-32,40-45,47-48,60,69,71H,10-13,18-19,24-29,57H2,1-4H3,(H2,58,73)(H,59,72)(H,61,70)(H,62,76)(H,63,78)(H,64,74)(H,65,77)(H,66,80)(H,67,75)(H,68,79)/t32-,40+,41+,42-,43+,44-,45-,47+,48+/m1/s1. The lowest BCUT2D eigenvalue weighted by Crippen LogP contribution is -2.62. The second-order valence-electron chi connectivity index (χ2n) is 20.4. The first-order valence-electron chi connectivity index (χ1n) is 26.8. The van der Waals surface area contributed by atoms with E-state index in [-0.39, 0.29) is 63.8 Å². The maximum atomic E-state index is 14.9. The van der Waals surface area contributed by atoms with Crippen molar-refractivity contribution in [2.24, 2.45) is 17.4 Å². The Morgan fingerprint density at radius 2 is 1.35 bits per heavy atom. The molecular formula is C56H76N12O12. The highest BCUT2D eigenvalue weighted by molar-refractivity contribution is 5.99. The number of aliphatic hydroxyl groups is 1. The molecule has 24 nitrogen and oxygen atoms in total. The maximum Gasteiger partial charge on any atom is 0.243 e. The fourth-order valence-electron chi connectivity index (χ4n) is 9.13. The number of nitrogens with one attached hydrogen (secondary N) is 10. The van der Waals surface area contributed by atoms with Crippen LogP contribution in [0.5, 0.6) is 5.75 Å². The number of rotatable bonds is 18. The zero-order valence-corrected chi connectivity index (χ0v) is 45.5. The van der Waals surface area contributed by atoms with Crippen LogP contribution in [0.2, 0.25) is 0 Å². The number of carbonyl (C=O) groups excluding carboxylic acids is 10. The van der Waals surface area contributed by atoms with Crippen LogP contribution in [-0.4, -0.2) is 142 Å². The lowest BCUT2D eigenvalue weighted by molar-refractivity contribution is -0.137. The molecule has 2 heterocycles. The van der Waals surface area contributed by atoms with Crippen LogP contribution >= 0.6 is 0 Å². The Morgan fingerprint density at radius 1 is 0.713 bits per heavy atom. The third-order valence-corrected chi connectivity index (χ3v) is 13.5. The molecule has 80 heavy (non-hydrogen) atoms. The second-order valence-corrected chi connectivity index (χ2v) is 20.4. The van der Waals surface area contributed by atoms with Gasteiger partial charge in [-0.3, -0.25) is 47.9 Å². The van der Waals surface area contributed by atoms with Crippen molar-refractivity contribution in [1.82, 2.24) is 52.8 Å². The zero-order chi connectivity index (χ0) is 58.5. The molecule has 0 unspecified atom stereocenters. The number of H-pyrrole nitrogens is 1. The van der Waals surface area contributed by atoms with Crippen LogP contribution in [0.3, 0.4) is 0 Å². The minimum absolute atomic E-state index is 0.00873. The van der Waals surface area contributed by atoms with Gasteiger partial charge in [-0.2, -0.15) is 0 Å². The number of phenols is 1. The van der Waals surface area contributed by atoms with Crippen molar-refractivity contribution in [3.8, 4) is 5.75 Å². The van der Waals surface area contributed by atoms with Crippen molar-refractivity contribution in [2.45, 2.75) is 146 Å². The van der Waals surface area contributed by atoms with Crippen molar-refractivity contribution >= 4 is 70.0 Å². The van der Waals surface area contributed by atoms with Gasteiger partial charge in [0.1, 0.15) is 54.1 Å². The molecule has 9 atom stereocenters. The summed E-state index contributed by atoms with van der Waals surface area (Å²) in [6.45, 7) is 5.85. The molecule has 0 saturated carbocycles. The second kappa shape index (κ2) is 30.7. The van der Waals surface area contributed by atoms with Crippen LogP contribution < -0.4 is 59.3 Å². The van der Waals surface area contributed by atoms with E-state index >= 15 is 0 Å². The number of hydrogen-bond acceptors (Lipinski definition) is 13. The summed E-state index contributed by atoms with van der Waals surface area (Å²) in [6, 6.07) is 10.5. The number of amides is 10. The first-order chi connectivity index (χ1) is 38.1. The Morgan fingerprint density at radius 3 is 2.00 bits per heavy atom. The number of benzene rings is 3. The number of aromatic nitrogens is 1. The zero-order valence-electron chi connectivity index (χ0n) is 45.5. The van der Waals surface area contributed by atoms with Crippen LogP contribution in [0.4, 0.5) is 0 Å². The van der Waals surface area contributed by atoms with Crippen molar-refractivity contribution in [3.63, 3.8) is 0 Å². The Hall–Kier alpha value is -8.38. The SMILES string of the molecule is CC(=O)N[C@H](Cc1ccccc1)C(=O)N[C@H]1CCCCNC(=O)C[C@H](C(=O)N[C@H](C(N)=O)[C@@H](C)O)NC(=O)[C@H](C(C)C)NC(=O)[C@H](CCCCN)NC(=O)[C@@H](Cc2c[nH]c3ccccc23)NC(=O)[C@H](Cc2ccc(O)cc2)NC1=O. The lowest BCUT2D eigenvalue weighted by atomic mass is 9.99. The molecule has 1 fully saturated rings. The minimum atomic E-state index is -1.69. The average Bonchev–Trinajstić information content (AvgIpc) is 3.84. The Balaban J connectivity index is 1.59. The average molecular weight is 1110 g/mol. The predicted octanol–water partition coefficient (Wildman–Crippen LogP) is -0.859. The topological polar surface area (TPSA) is 387 Å². The van der Waals surface area contributed by atoms with Gasteiger partial charge < -0.3 is 74.5 Å². The van der Waals surface area contributed by atoms with Crippen molar-refractivity contribution in [3.05, 3.63) is 102 Å². The van der Waals surface area contributed by atoms with Gasteiger partial charge in [0.05, 0.1) is 12.5 Å². The first kappa shape index (κ1) is 62.5. The fourth-order valence-corrected chi connectivity index (χ4v) is 9.13. The van der Waals surface area contributed by atoms with E-state index in [4.69, 9.17) is 11.5 Å². The van der Waals surface area contributed by atoms with Gasteiger partial charge in [-0.1, -0.05) is 74.5 Å². The molecule has 0 aliphatic carbocycles. The molecule has 1 aliphatic rings. The molecular weight excluding hydrogens is 1030 g/mol. The molecule has 24 heteroatoms. The largest absolute Gasteiger partial charge is 0.508 e. The smallest absolute Gasteiger partial charge is 0.243 e. The molecule has 1 aromatic heterocycles. The maximum absolute atomic E-state index is 14.9. The predicted molar refractivity (Wildman–Crippen MR) is 295 cm³/mol. The van der Waals surface area contributed by atoms with Gasteiger partial charge >= 0.3 is 0 Å². The molecule has 0 spiro atoms. The van der Waals surface area contributed by atoms with Crippen LogP contribution in [0, 0.1) is 5.92 Å². The number of nitrogens with two attached hydrogens (primary N) is 2. The van der Waals surface area contributed by atoms with Gasteiger partial charge in [0.2, 0.25) is 59.1 Å². The summed E-state index contributed by atoms with van der Waals surface area (Å²) in [4.78, 5) is 143. The number of primary amides is 1. The Bertz CT molecular complexity index is 2790. The summed E-state index contributed by atoms with van der Waals surface area (Å²) in [5.41, 5.74) is 13.8. The molecule has 1 saturated heterocycles. The number of aromatic hydroxyl groups is 1. The summed E-state index contributed by atoms with van der Waals surface area (Å²) in [5.74, 6) is -9.13. The highest BCUT2D eigenvalue weighted by atomic mass is 16.3. The monoisotopic (exact) mass is 1110 g/mol. The number of carbonyl (C=O) groups is 10. The van der Waals surface area contributed by atoms with E-state index in [9.17, 15) is 58.2 Å². The highest BCUT2D eigenvalue weighted by Crippen LogP contribution is 2.21. The molecule has 1 aliphatic heterocycles. The van der Waals surface area contributed by atoms with Crippen LogP contribution in [-0.2, 0) is 67.2 Å². The van der Waals surface area contributed by atoms with E-state index in [1.165, 1.54) is 26.0 Å². The number of para-hydroxylation sites is 1. The van der Waals surface area contributed by atoms with Crippen LogP contribution in [0.1, 0.15) is 89.3 Å². The van der Waals surface area contributed by atoms with E-state index in [2.05, 4.69) is 52.8 Å². The molecule has 10 amide bonds. The number of aromatic amines is 1. The van der Waals surface area contributed by atoms with E-state index < -0.39 is 126 Å². The third kappa shape index (κ3) is 19.2. The van der Waals surface area contributed by atoms with Crippen molar-refractivity contribution in [1.29, 1.82) is 0 Å². The summed E-state index contributed by atoms with van der Waals surface area (Å²) >= 11 is 0. The summed E-state index contributed by atoms with van der Waals surface area (Å²) in [5, 5.41) is 45.0. The highest BCUT2D eigenvalue weighted by Gasteiger charge is 2.37. The number of hydrogen-bond donors (Lipinski definition) is 14. The van der Waals surface area contributed by atoms with Gasteiger partial charge in [-0.15, -0.1) is 0 Å². The first-order valence-corrected chi connectivity index (χ1v) is 26.8. The summed E-state index contributed by atoms with van der Waals surface area (Å²) < 4.78 is 0. The number of fused-ring (bicyclic) bond motifs is 1. The quantitative estimate of drug-likeness (QED) is 0.0541. The molecule has 0 bridgehead atoms.